The molecule has 0 bridgehead atoms. The van der Waals surface area contributed by atoms with Crippen molar-refractivity contribution in [3.05, 3.63) is 59.4 Å². The average molecular weight is 378 g/mol. The molecule has 2 aromatic carbocycles. The molecule has 23 heavy (non-hydrogen) atoms. The maximum atomic E-state index is 13.9. The minimum Gasteiger partial charge on any atom is -0.490 e. The highest BCUT2D eigenvalue weighted by Crippen LogP contribution is 2.36. The molecule has 0 saturated heterocycles. The molecule has 0 spiro atoms. The number of benzene rings is 2. The quantitative estimate of drug-likeness (QED) is 0.609. The summed E-state index contributed by atoms with van der Waals surface area (Å²) in [7, 11) is 0. The van der Waals surface area contributed by atoms with Crippen molar-refractivity contribution < 1.29 is 18.7 Å². The van der Waals surface area contributed by atoms with Crippen LogP contribution in [0.3, 0.4) is 0 Å². The van der Waals surface area contributed by atoms with Crippen LogP contribution < -0.4 is 9.64 Å². The van der Waals surface area contributed by atoms with Gasteiger partial charge in [0.2, 0.25) is 5.91 Å². The molecule has 3 rings (SSSR count). The highest BCUT2D eigenvalue weighted by Gasteiger charge is 2.29. The number of alkyl halides is 1. The fraction of sp³-hybridized carbons (Fsp3) is 0.176. The summed E-state index contributed by atoms with van der Waals surface area (Å²) >= 11 is 3.14. The third-order valence-electron chi connectivity index (χ3n) is 3.62. The molecule has 0 aromatic heterocycles. The van der Waals surface area contributed by atoms with E-state index in [-0.39, 0.29) is 22.4 Å². The van der Waals surface area contributed by atoms with E-state index in [1.807, 2.05) is 0 Å². The van der Waals surface area contributed by atoms with Crippen molar-refractivity contribution in [2.45, 2.75) is 0 Å². The first kappa shape index (κ1) is 15.7. The van der Waals surface area contributed by atoms with Gasteiger partial charge in [0.25, 0.3) is 0 Å². The van der Waals surface area contributed by atoms with Crippen LogP contribution >= 0.6 is 15.9 Å². The zero-order valence-electron chi connectivity index (χ0n) is 12.1. The van der Waals surface area contributed by atoms with Crippen LogP contribution in [-0.2, 0) is 4.79 Å². The van der Waals surface area contributed by atoms with Gasteiger partial charge in [0.1, 0.15) is 18.2 Å². The summed E-state index contributed by atoms with van der Waals surface area (Å²) in [5.74, 6) is -0.793. The minimum absolute atomic E-state index is 0.0299. The van der Waals surface area contributed by atoms with Crippen molar-refractivity contribution in [2.24, 2.45) is 0 Å². The Kier molecular flexibility index (Phi) is 4.43. The molecule has 1 aliphatic rings. The summed E-state index contributed by atoms with van der Waals surface area (Å²) in [6.45, 7) is 0.697. The molecular weight excluding hydrogens is 365 g/mol. The second kappa shape index (κ2) is 6.50. The zero-order chi connectivity index (χ0) is 16.4. The van der Waals surface area contributed by atoms with Gasteiger partial charge in [-0.05, 0) is 24.3 Å². The Morgan fingerprint density at radius 2 is 1.87 bits per heavy atom. The molecule has 2 aromatic rings. The van der Waals surface area contributed by atoms with Crippen LogP contribution in [0.1, 0.15) is 15.9 Å². The highest BCUT2D eigenvalue weighted by atomic mass is 79.9. The van der Waals surface area contributed by atoms with E-state index in [2.05, 4.69) is 15.9 Å². The molecule has 1 heterocycles. The molecule has 0 atom stereocenters. The van der Waals surface area contributed by atoms with Crippen molar-refractivity contribution in [1.82, 2.24) is 0 Å². The first-order chi connectivity index (χ1) is 11.1. The first-order valence-electron chi connectivity index (χ1n) is 7.05. The summed E-state index contributed by atoms with van der Waals surface area (Å²) in [5.41, 5.74) is 0.621. The number of carbonyl (C=O) groups excluding carboxylic acids is 2. The lowest BCUT2D eigenvalue weighted by Gasteiger charge is -2.30. The highest BCUT2D eigenvalue weighted by molar-refractivity contribution is 9.09. The van der Waals surface area contributed by atoms with Crippen molar-refractivity contribution in [1.29, 1.82) is 0 Å². The number of carbonyl (C=O) groups is 2. The van der Waals surface area contributed by atoms with E-state index in [9.17, 15) is 14.0 Å². The molecule has 1 amide bonds. The molecule has 0 unspecified atom stereocenters. The van der Waals surface area contributed by atoms with E-state index < -0.39 is 11.6 Å². The van der Waals surface area contributed by atoms with E-state index in [0.29, 0.717) is 24.6 Å². The molecule has 0 fully saturated rings. The van der Waals surface area contributed by atoms with Crippen LogP contribution in [0, 0.1) is 5.82 Å². The Morgan fingerprint density at radius 1 is 1.13 bits per heavy atom. The van der Waals surface area contributed by atoms with Gasteiger partial charge in [-0.15, -0.1) is 0 Å². The second-order valence-corrected chi connectivity index (χ2v) is 5.55. The summed E-state index contributed by atoms with van der Waals surface area (Å²) in [6.07, 6.45) is 0. The molecular formula is C17H13BrFNO3. The monoisotopic (exact) mass is 377 g/mol. The number of amides is 1. The molecule has 0 aliphatic carbocycles. The van der Waals surface area contributed by atoms with E-state index >= 15 is 0 Å². The number of hydrogen-bond acceptors (Lipinski definition) is 3. The van der Waals surface area contributed by atoms with Crippen LogP contribution in [0.15, 0.2) is 42.5 Å². The average Bonchev–Trinajstić information content (AvgIpc) is 2.60. The van der Waals surface area contributed by atoms with E-state index in [1.54, 1.807) is 24.3 Å². The largest absolute Gasteiger partial charge is 0.490 e. The molecule has 1 aliphatic heterocycles. The summed E-state index contributed by atoms with van der Waals surface area (Å²) in [5, 5.41) is 0.134. The third kappa shape index (κ3) is 2.86. The summed E-state index contributed by atoms with van der Waals surface area (Å²) < 4.78 is 19.5. The number of anilines is 1. The third-order valence-corrected chi connectivity index (χ3v) is 4.10. The first-order valence-corrected chi connectivity index (χ1v) is 8.17. The summed E-state index contributed by atoms with van der Waals surface area (Å²) in [4.78, 5) is 26.4. The van der Waals surface area contributed by atoms with Crippen molar-refractivity contribution in [2.75, 3.05) is 23.4 Å². The molecule has 4 nitrogen and oxygen atoms in total. The number of ether oxygens (including phenoxy) is 1. The number of halogens is 2. The van der Waals surface area contributed by atoms with Crippen molar-refractivity contribution in [3.8, 4) is 5.75 Å². The minimum atomic E-state index is -0.592. The van der Waals surface area contributed by atoms with Gasteiger partial charge < -0.3 is 9.64 Å². The van der Waals surface area contributed by atoms with E-state index in [1.165, 1.54) is 23.1 Å². The number of fused-ring (bicyclic) bond motifs is 1. The molecule has 0 saturated carbocycles. The van der Waals surface area contributed by atoms with Gasteiger partial charge in [0.15, 0.2) is 5.78 Å². The van der Waals surface area contributed by atoms with Gasteiger partial charge in [-0.2, -0.15) is 0 Å². The van der Waals surface area contributed by atoms with Gasteiger partial charge in [0, 0.05) is 0 Å². The Hall–Kier alpha value is -2.21. The maximum absolute atomic E-state index is 13.9. The van der Waals surface area contributed by atoms with E-state index in [4.69, 9.17) is 4.74 Å². The molecule has 118 valence electrons. The van der Waals surface area contributed by atoms with Crippen LogP contribution in [0.5, 0.6) is 5.75 Å². The summed E-state index contributed by atoms with van der Waals surface area (Å²) in [6, 6.07) is 10.7. The molecule has 0 radical (unpaired) electrons. The fourth-order valence-electron chi connectivity index (χ4n) is 2.57. The fourth-order valence-corrected chi connectivity index (χ4v) is 2.87. The van der Waals surface area contributed by atoms with Crippen molar-refractivity contribution in [3.63, 3.8) is 0 Å². The SMILES string of the molecule is O=C(c1ccccc1F)c1cccc2c1N(C(=O)CBr)CCO2. The standard InChI is InChI=1S/C17H13BrFNO3/c18-10-15(21)20-8-9-23-14-7-3-5-12(16(14)20)17(22)11-4-1-2-6-13(11)19/h1-7H,8-10H2. The lowest BCUT2D eigenvalue weighted by Crippen LogP contribution is -2.39. The van der Waals surface area contributed by atoms with Gasteiger partial charge in [-0.25, -0.2) is 4.39 Å². The second-order valence-electron chi connectivity index (χ2n) is 4.99. The number of hydrogen-bond donors (Lipinski definition) is 0. The number of ketones is 1. The Labute approximate surface area is 141 Å². The molecule has 0 N–H and O–H groups in total. The lowest BCUT2D eigenvalue weighted by molar-refractivity contribution is -0.116. The Morgan fingerprint density at radius 3 is 2.61 bits per heavy atom. The normalized spacial score (nSPS) is 13.2. The Balaban J connectivity index is 2.13. The van der Waals surface area contributed by atoms with Crippen LogP contribution in [0.2, 0.25) is 0 Å². The number of para-hydroxylation sites is 1. The topological polar surface area (TPSA) is 46.6 Å². The van der Waals surface area contributed by atoms with Crippen LogP contribution in [-0.4, -0.2) is 30.2 Å². The predicted octanol–water partition coefficient (Wildman–Crippen LogP) is 3.18. The smallest absolute Gasteiger partial charge is 0.237 e. The lowest BCUT2D eigenvalue weighted by atomic mass is 9.99. The van der Waals surface area contributed by atoms with Crippen LogP contribution in [0.4, 0.5) is 10.1 Å². The van der Waals surface area contributed by atoms with Gasteiger partial charge in [0.05, 0.1) is 28.7 Å². The zero-order valence-corrected chi connectivity index (χ0v) is 13.7. The van der Waals surface area contributed by atoms with E-state index in [0.717, 1.165) is 0 Å². The Bertz CT molecular complexity index is 778. The predicted molar refractivity (Wildman–Crippen MR) is 87.9 cm³/mol. The number of nitrogens with zero attached hydrogens (tertiary/aromatic N) is 1. The maximum Gasteiger partial charge on any atom is 0.237 e. The number of rotatable bonds is 3. The van der Waals surface area contributed by atoms with Crippen LogP contribution in [0.25, 0.3) is 0 Å². The van der Waals surface area contributed by atoms with Gasteiger partial charge in [-0.1, -0.05) is 34.1 Å². The molecule has 6 heteroatoms. The van der Waals surface area contributed by atoms with Gasteiger partial charge >= 0.3 is 0 Å². The van der Waals surface area contributed by atoms with Crippen molar-refractivity contribution >= 4 is 33.3 Å². The van der Waals surface area contributed by atoms with Gasteiger partial charge in [-0.3, -0.25) is 9.59 Å².